The topological polar surface area (TPSA) is 112 Å². The number of nitrogen functional groups attached to an aromatic ring is 1. The molecule has 0 unspecified atom stereocenters. The third-order valence-electron chi connectivity index (χ3n) is 3.82. The maximum Gasteiger partial charge on any atom is 0.252 e. The fraction of sp³-hybridized carbons (Fsp3) is 0.188. The summed E-state index contributed by atoms with van der Waals surface area (Å²) in [7, 11) is 1.90. The molecule has 1 aromatic carbocycles. The Labute approximate surface area is 133 Å². The van der Waals surface area contributed by atoms with Crippen molar-refractivity contribution in [3.8, 4) is 0 Å². The van der Waals surface area contributed by atoms with Gasteiger partial charge in [-0.25, -0.2) is 4.98 Å². The second-order valence-electron chi connectivity index (χ2n) is 5.52. The molecule has 0 aliphatic carbocycles. The fourth-order valence-corrected chi connectivity index (χ4v) is 2.57. The Morgan fingerprint density at radius 2 is 2.00 bits per heavy atom. The third-order valence-corrected chi connectivity index (χ3v) is 3.82. The minimum absolute atomic E-state index is 0.305. The van der Waals surface area contributed by atoms with Crippen molar-refractivity contribution in [1.29, 1.82) is 0 Å². The van der Waals surface area contributed by atoms with E-state index < -0.39 is 5.91 Å². The first kappa shape index (κ1) is 14.8. The number of nitrogens with two attached hydrogens (primary N) is 2. The molecule has 0 aliphatic rings. The van der Waals surface area contributed by atoms with Crippen LogP contribution in [0.15, 0.2) is 24.3 Å². The first-order valence-corrected chi connectivity index (χ1v) is 7.14. The van der Waals surface area contributed by atoms with Crippen LogP contribution < -0.4 is 16.8 Å². The van der Waals surface area contributed by atoms with Crippen LogP contribution in [0.2, 0.25) is 0 Å². The second-order valence-corrected chi connectivity index (χ2v) is 5.52. The summed E-state index contributed by atoms with van der Waals surface area (Å²) in [4.78, 5) is 15.9. The molecule has 5 N–H and O–H groups in total. The molecule has 0 spiro atoms. The number of aromatic nitrogens is 3. The SMILES string of the molecule is Cc1cc(C(N)=O)c(Nc2ccc3c(c2)c(C)nn3C)nc1N. The van der Waals surface area contributed by atoms with Crippen molar-refractivity contribution < 1.29 is 4.79 Å². The fourth-order valence-electron chi connectivity index (χ4n) is 2.57. The molecule has 0 atom stereocenters. The van der Waals surface area contributed by atoms with Crippen LogP contribution in [-0.4, -0.2) is 20.7 Å². The highest BCUT2D eigenvalue weighted by Crippen LogP contribution is 2.26. The van der Waals surface area contributed by atoms with Crippen molar-refractivity contribution in [1.82, 2.24) is 14.8 Å². The number of carbonyl (C=O) groups excluding carboxylic acids is 1. The standard InChI is InChI=1S/C16H18N6O/c1-8-6-12(15(18)23)16(20-14(8)17)19-10-4-5-13-11(7-10)9(2)21-22(13)3/h4-7H,1-3H3,(H2,18,23)(H3,17,19,20). The molecule has 0 aliphatic heterocycles. The van der Waals surface area contributed by atoms with Gasteiger partial charge in [-0.05, 0) is 43.7 Å². The zero-order valence-electron chi connectivity index (χ0n) is 13.2. The van der Waals surface area contributed by atoms with E-state index in [2.05, 4.69) is 15.4 Å². The summed E-state index contributed by atoms with van der Waals surface area (Å²) in [6.45, 7) is 3.73. The van der Waals surface area contributed by atoms with Gasteiger partial charge in [-0.15, -0.1) is 0 Å². The van der Waals surface area contributed by atoms with Crippen LogP contribution in [0.5, 0.6) is 0 Å². The Hall–Kier alpha value is -3.09. The van der Waals surface area contributed by atoms with E-state index in [1.807, 2.05) is 36.9 Å². The highest BCUT2D eigenvalue weighted by atomic mass is 16.1. The summed E-state index contributed by atoms with van der Waals surface area (Å²) in [6.07, 6.45) is 0. The van der Waals surface area contributed by atoms with Crippen LogP contribution >= 0.6 is 0 Å². The number of hydrogen-bond acceptors (Lipinski definition) is 5. The highest BCUT2D eigenvalue weighted by molar-refractivity contribution is 5.99. The number of primary amides is 1. The summed E-state index contributed by atoms with van der Waals surface area (Å²) >= 11 is 0. The number of amides is 1. The minimum atomic E-state index is -0.554. The van der Waals surface area contributed by atoms with Gasteiger partial charge in [-0.2, -0.15) is 5.10 Å². The number of pyridine rings is 1. The maximum absolute atomic E-state index is 11.6. The molecular weight excluding hydrogens is 292 g/mol. The van der Waals surface area contributed by atoms with Gasteiger partial charge in [0.15, 0.2) is 0 Å². The lowest BCUT2D eigenvalue weighted by Crippen LogP contribution is -2.15. The molecule has 0 fully saturated rings. The number of hydrogen-bond donors (Lipinski definition) is 3. The summed E-state index contributed by atoms with van der Waals surface area (Å²) in [5.74, 6) is 0.152. The first-order valence-electron chi connectivity index (χ1n) is 7.14. The van der Waals surface area contributed by atoms with Crippen LogP contribution in [0, 0.1) is 13.8 Å². The van der Waals surface area contributed by atoms with E-state index in [4.69, 9.17) is 11.5 Å². The zero-order chi connectivity index (χ0) is 16.7. The smallest absolute Gasteiger partial charge is 0.252 e. The Balaban J connectivity index is 2.07. The van der Waals surface area contributed by atoms with Crippen LogP contribution in [-0.2, 0) is 7.05 Å². The van der Waals surface area contributed by atoms with Gasteiger partial charge in [0.2, 0.25) is 0 Å². The molecule has 2 heterocycles. The maximum atomic E-state index is 11.6. The van der Waals surface area contributed by atoms with Crippen LogP contribution in [0.1, 0.15) is 21.6 Å². The molecular formula is C16H18N6O. The molecule has 23 heavy (non-hydrogen) atoms. The van der Waals surface area contributed by atoms with Crippen molar-refractivity contribution in [3.05, 3.63) is 41.1 Å². The number of nitrogens with one attached hydrogen (secondary N) is 1. The monoisotopic (exact) mass is 310 g/mol. The van der Waals surface area contributed by atoms with Crippen LogP contribution in [0.4, 0.5) is 17.3 Å². The van der Waals surface area contributed by atoms with Gasteiger partial charge in [0.1, 0.15) is 11.6 Å². The Morgan fingerprint density at radius 1 is 1.26 bits per heavy atom. The lowest BCUT2D eigenvalue weighted by atomic mass is 10.1. The van der Waals surface area contributed by atoms with Gasteiger partial charge >= 0.3 is 0 Å². The number of rotatable bonds is 3. The molecule has 0 bridgehead atoms. The highest BCUT2D eigenvalue weighted by Gasteiger charge is 2.13. The molecule has 7 heteroatoms. The number of anilines is 3. The average molecular weight is 310 g/mol. The number of nitrogens with zero attached hydrogens (tertiary/aromatic N) is 3. The molecule has 3 aromatic rings. The zero-order valence-corrected chi connectivity index (χ0v) is 13.2. The van der Waals surface area contributed by atoms with E-state index in [9.17, 15) is 4.79 Å². The lowest BCUT2D eigenvalue weighted by molar-refractivity contribution is 0.100. The summed E-state index contributed by atoms with van der Waals surface area (Å²) in [5, 5.41) is 8.54. The average Bonchev–Trinajstić information content (AvgIpc) is 2.77. The van der Waals surface area contributed by atoms with Gasteiger partial charge < -0.3 is 16.8 Å². The summed E-state index contributed by atoms with van der Waals surface area (Å²) in [5.41, 5.74) is 15.0. The molecule has 3 rings (SSSR count). The van der Waals surface area contributed by atoms with Gasteiger partial charge in [0.25, 0.3) is 5.91 Å². The van der Waals surface area contributed by atoms with Crippen molar-refractivity contribution >= 4 is 34.1 Å². The third kappa shape index (κ3) is 2.57. The van der Waals surface area contributed by atoms with Crippen molar-refractivity contribution in [3.63, 3.8) is 0 Å². The summed E-state index contributed by atoms with van der Waals surface area (Å²) < 4.78 is 1.82. The van der Waals surface area contributed by atoms with E-state index in [0.29, 0.717) is 22.8 Å². The van der Waals surface area contributed by atoms with E-state index in [1.165, 1.54) is 0 Å². The normalized spacial score (nSPS) is 10.9. The minimum Gasteiger partial charge on any atom is -0.383 e. The van der Waals surface area contributed by atoms with Crippen molar-refractivity contribution in [2.75, 3.05) is 11.1 Å². The Morgan fingerprint density at radius 3 is 2.70 bits per heavy atom. The quantitative estimate of drug-likeness (QED) is 0.685. The van der Waals surface area contributed by atoms with E-state index >= 15 is 0 Å². The van der Waals surface area contributed by atoms with Gasteiger partial charge in [0.05, 0.1) is 16.8 Å². The van der Waals surface area contributed by atoms with Gasteiger partial charge in [-0.1, -0.05) is 0 Å². The largest absolute Gasteiger partial charge is 0.383 e. The summed E-state index contributed by atoms with van der Waals surface area (Å²) in [6, 6.07) is 7.45. The van der Waals surface area contributed by atoms with Crippen LogP contribution in [0.25, 0.3) is 10.9 Å². The number of fused-ring (bicyclic) bond motifs is 1. The number of carbonyl (C=O) groups is 1. The van der Waals surface area contributed by atoms with Gasteiger partial charge in [-0.3, -0.25) is 9.48 Å². The van der Waals surface area contributed by atoms with E-state index in [-0.39, 0.29) is 0 Å². The predicted molar refractivity (Wildman–Crippen MR) is 90.6 cm³/mol. The van der Waals surface area contributed by atoms with Gasteiger partial charge in [0, 0.05) is 18.1 Å². The second kappa shape index (κ2) is 5.28. The molecule has 118 valence electrons. The van der Waals surface area contributed by atoms with Crippen molar-refractivity contribution in [2.24, 2.45) is 12.8 Å². The Kier molecular flexibility index (Phi) is 3.40. The number of aryl methyl sites for hydroxylation is 3. The van der Waals surface area contributed by atoms with Crippen molar-refractivity contribution in [2.45, 2.75) is 13.8 Å². The van der Waals surface area contributed by atoms with E-state index in [0.717, 1.165) is 22.3 Å². The molecule has 0 radical (unpaired) electrons. The number of benzene rings is 1. The lowest BCUT2D eigenvalue weighted by Gasteiger charge is -2.12. The molecule has 7 nitrogen and oxygen atoms in total. The molecule has 0 saturated heterocycles. The molecule has 0 saturated carbocycles. The Bertz CT molecular complexity index is 928. The molecule has 2 aromatic heterocycles. The first-order chi connectivity index (χ1) is 10.9. The van der Waals surface area contributed by atoms with E-state index in [1.54, 1.807) is 13.0 Å². The molecule has 1 amide bonds. The van der Waals surface area contributed by atoms with Crippen LogP contribution in [0.3, 0.4) is 0 Å². The predicted octanol–water partition coefficient (Wildman–Crippen LogP) is 2.01.